The van der Waals surface area contributed by atoms with Crippen LogP contribution in [0.4, 0.5) is 11.4 Å². The Morgan fingerprint density at radius 2 is 2.00 bits per heavy atom. The molecule has 0 aliphatic carbocycles. The number of rotatable bonds is 3. The molecule has 2 aromatic rings. The highest BCUT2D eigenvalue weighted by atomic mass is 35.5. The van der Waals surface area contributed by atoms with Crippen molar-refractivity contribution in [2.24, 2.45) is 0 Å². The summed E-state index contributed by atoms with van der Waals surface area (Å²) >= 11 is 11.8. The topological polar surface area (TPSA) is 67.4 Å². The van der Waals surface area contributed by atoms with Crippen molar-refractivity contribution in [3.8, 4) is 5.75 Å². The third-order valence-corrected chi connectivity index (χ3v) is 4.28. The molecule has 7 heteroatoms. The summed E-state index contributed by atoms with van der Waals surface area (Å²) in [6, 6.07) is 10.1. The Bertz CT molecular complexity index is 823. The highest BCUT2D eigenvalue weighted by Crippen LogP contribution is 2.32. The number of nitrogens with one attached hydrogen (secondary N) is 2. The second-order valence-corrected chi connectivity index (χ2v) is 6.25. The lowest BCUT2D eigenvalue weighted by Gasteiger charge is -2.23. The maximum atomic E-state index is 12.2. The zero-order valence-corrected chi connectivity index (χ0v) is 14.2. The van der Waals surface area contributed by atoms with Crippen molar-refractivity contribution < 1.29 is 14.3 Å². The minimum atomic E-state index is -0.535. The largest absolute Gasteiger partial charge is 0.479 e. The van der Waals surface area contributed by atoms with Gasteiger partial charge in [-0.25, -0.2) is 0 Å². The Morgan fingerprint density at radius 3 is 2.75 bits per heavy atom. The van der Waals surface area contributed by atoms with Gasteiger partial charge in [0.15, 0.2) is 6.10 Å². The first-order valence-corrected chi connectivity index (χ1v) is 8.03. The third-order valence-electron chi connectivity index (χ3n) is 3.54. The van der Waals surface area contributed by atoms with E-state index in [1.54, 1.807) is 43.3 Å². The lowest BCUT2D eigenvalue weighted by molar-refractivity contribution is -0.122. The number of anilines is 2. The average Bonchev–Trinajstić information content (AvgIpc) is 2.52. The number of carbonyl (C=O) groups is 2. The summed E-state index contributed by atoms with van der Waals surface area (Å²) in [6.45, 7) is 1.67. The molecule has 1 aliphatic heterocycles. The van der Waals surface area contributed by atoms with Crippen LogP contribution in [-0.2, 0) is 16.0 Å². The lowest BCUT2D eigenvalue weighted by atomic mass is 10.1. The number of hydrogen-bond donors (Lipinski definition) is 2. The highest BCUT2D eigenvalue weighted by Gasteiger charge is 2.23. The van der Waals surface area contributed by atoms with Gasteiger partial charge in [0.25, 0.3) is 5.91 Å². The van der Waals surface area contributed by atoms with E-state index >= 15 is 0 Å². The van der Waals surface area contributed by atoms with Crippen LogP contribution < -0.4 is 15.4 Å². The fourth-order valence-corrected chi connectivity index (χ4v) is 2.65. The Hall–Kier alpha value is -2.24. The van der Waals surface area contributed by atoms with E-state index in [1.807, 2.05) is 0 Å². The van der Waals surface area contributed by atoms with Crippen LogP contribution in [0.2, 0.25) is 10.0 Å². The summed E-state index contributed by atoms with van der Waals surface area (Å²) < 4.78 is 5.47. The van der Waals surface area contributed by atoms with E-state index < -0.39 is 6.10 Å². The molecule has 2 N–H and O–H groups in total. The number of benzene rings is 2. The predicted molar refractivity (Wildman–Crippen MR) is 94.0 cm³/mol. The van der Waals surface area contributed by atoms with Crippen LogP contribution in [0.3, 0.4) is 0 Å². The fourth-order valence-electron chi connectivity index (χ4n) is 2.33. The van der Waals surface area contributed by atoms with Gasteiger partial charge in [0.05, 0.1) is 22.2 Å². The summed E-state index contributed by atoms with van der Waals surface area (Å²) in [5, 5.41) is 6.37. The number of ether oxygens (including phenoxy) is 1. The summed E-state index contributed by atoms with van der Waals surface area (Å²) in [6.07, 6.45) is -0.374. The molecule has 2 aromatic carbocycles. The molecule has 0 saturated heterocycles. The minimum absolute atomic E-state index is 0.161. The molecule has 124 valence electrons. The number of carbonyl (C=O) groups excluding carboxylic acids is 2. The van der Waals surface area contributed by atoms with Crippen LogP contribution in [0.15, 0.2) is 36.4 Å². The van der Waals surface area contributed by atoms with Gasteiger partial charge in [0.1, 0.15) is 5.75 Å². The maximum Gasteiger partial charge on any atom is 0.265 e. The van der Waals surface area contributed by atoms with E-state index in [-0.39, 0.29) is 18.2 Å². The highest BCUT2D eigenvalue weighted by molar-refractivity contribution is 6.42. The van der Waals surface area contributed by atoms with E-state index in [1.165, 1.54) is 0 Å². The summed E-state index contributed by atoms with van der Waals surface area (Å²) in [7, 11) is 0. The van der Waals surface area contributed by atoms with Gasteiger partial charge < -0.3 is 15.4 Å². The molecule has 0 aromatic heterocycles. The van der Waals surface area contributed by atoms with E-state index in [2.05, 4.69) is 10.6 Å². The summed E-state index contributed by atoms with van der Waals surface area (Å²) in [5.74, 6) is 0.149. The maximum absolute atomic E-state index is 12.2. The Morgan fingerprint density at radius 1 is 1.21 bits per heavy atom. The SMILES string of the molecule is C[C@H]1Oc2ccc(NC(=O)Cc3ccc(Cl)c(Cl)c3)cc2NC1=O. The van der Waals surface area contributed by atoms with Crippen LogP contribution in [-0.4, -0.2) is 17.9 Å². The van der Waals surface area contributed by atoms with Crippen molar-refractivity contribution in [1.29, 1.82) is 0 Å². The third kappa shape index (κ3) is 3.63. The molecule has 0 saturated carbocycles. The summed E-state index contributed by atoms with van der Waals surface area (Å²) in [5.41, 5.74) is 1.85. The standard InChI is InChI=1S/C17H14Cl2N2O3/c1-9-17(23)21-14-8-11(3-5-15(14)24-9)20-16(22)7-10-2-4-12(18)13(19)6-10/h2-6,8-9H,7H2,1H3,(H,20,22)(H,21,23)/t9-/m1/s1. The molecular weight excluding hydrogens is 351 g/mol. The second kappa shape index (κ2) is 6.71. The van der Waals surface area contributed by atoms with Crippen LogP contribution in [0.25, 0.3) is 0 Å². The molecule has 5 nitrogen and oxygen atoms in total. The summed E-state index contributed by atoms with van der Waals surface area (Å²) in [4.78, 5) is 23.8. The Labute approximate surface area is 148 Å². The molecule has 2 amide bonds. The van der Waals surface area contributed by atoms with Gasteiger partial charge in [0.2, 0.25) is 5.91 Å². The fraction of sp³-hybridized carbons (Fsp3) is 0.176. The molecule has 3 rings (SSSR count). The smallest absolute Gasteiger partial charge is 0.265 e. The molecule has 24 heavy (non-hydrogen) atoms. The van der Waals surface area contributed by atoms with E-state index in [4.69, 9.17) is 27.9 Å². The van der Waals surface area contributed by atoms with Crippen LogP contribution in [0, 0.1) is 0 Å². The first-order valence-electron chi connectivity index (χ1n) is 7.28. The molecule has 0 radical (unpaired) electrons. The van der Waals surface area contributed by atoms with Gasteiger partial charge in [-0.3, -0.25) is 9.59 Å². The number of amides is 2. The van der Waals surface area contributed by atoms with Crippen molar-refractivity contribution in [2.45, 2.75) is 19.4 Å². The first-order chi connectivity index (χ1) is 11.4. The van der Waals surface area contributed by atoms with Gasteiger partial charge in [-0.1, -0.05) is 29.3 Å². The molecule has 1 aliphatic rings. The molecule has 0 spiro atoms. The van der Waals surface area contributed by atoms with Crippen molar-refractivity contribution in [1.82, 2.24) is 0 Å². The molecule has 0 fully saturated rings. The Balaban J connectivity index is 1.69. The average molecular weight is 365 g/mol. The Kier molecular flexibility index (Phi) is 4.64. The van der Waals surface area contributed by atoms with Crippen molar-refractivity contribution in [3.63, 3.8) is 0 Å². The van der Waals surface area contributed by atoms with Gasteiger partial charge in [-0.05, 0) is 42.8 Å². The quantitative estimate of drug-likeness (QED) is 0.867. The van der Waals surface area contributed by atoms with E-state index in [9.17, 15) is 9.59 Å². The number of halogens is 2. The van der Waals surface area contributed by atoms with Crippen LogP contribution in [0.1, 0.15) is 12.5 Å². The normalized spacial score (nSPS) is 16.0. The predicted octanol–water partition coefficient (Wildman–Crippen LogP) is 3.89. The van der Waals surface area contributed by atoms with Gasteiger partial charge in [-0.2, -0.15) is 0 Å². The zero-order valence-electron chi connectivity index (χ0n) is 12.7. The molecule has 1 heterocycles. The van der Waals surface area contributed by atoms with Crippen LogP contribution in [0.5, 0.6) is 5.75 Å². The van der Waals surface area contributed by atoms with Crippen molar-refractivity contribution in [3.05, 3.63) is 52.0 Å². The number of hydrogen-bond acceptors (Lipinski definition) is 3. The molecule has 1 atom stereocenters. The number of fused-ring (bicyclic) bond motifs is 1. The minimum Gasteiger partial charge on any atom is -0.479 e. The van der Waals surface area contributed by atoms with Gasteiger partial charge in [0, 0.05) is 5.69 Å². The van der Waals surface area contributed by atoms with E-state index in [0.29, 0.717) is 27.2 Å². The lowest BCUT2D eigenvalue weighted by Crippen LogP contribution is -2.34. The first kappa shape index (κ1) is 16.6. The zero-order chi connectivity index (χ0) is 17.3. The van der Waals surface area contributed by atoms with E-state index in [0.717, 1.165) is 5.56 Å². The molecule has 0 unspecified atom stereocenters. The van der Waals surface area contributed by atoms with Crippen molar-refractivity contribution in [2.75, 3.05) is 10.6 Å². The van der Waals surface area contributed by atoms with Crippen molar-refractivity contribution >= 4 is 46.4 Å². The molecular formula is C17H14Cl2N2O3. The molecule has 0 bridgehead atoms. The van der Waals surface area contributed by atoms with Crippen LogP contribution >= 0.6 is 23.2 Å². The second-order valence-electron chi connectivity index (χ2n) is 5.43. The van der Waals surface area contributed by atoms with Gasteiger partial charge >= 0.3 is 0 Å². The van der Waals surface area contributed by atoms with Gasteiger partial charge in [-0.15, -0.1) is 0 Å². The monoisotopic (exact) mass is 364 g/mol.